The molecule has 0 aromatic heterocycles. The van der Waals surface area contributed by atoms with Gasteiger partial charge < -0.3 is 15.4 Å². The number of amides is 1. The Bertz CT molecular complexity index is 350. The minimum Gasteiger partial charge on any atom is -0.468 e. The summed E-state index contributed by atoms with van der Waals surface area (Å²) in [4.78, 5) is 23.1. The molecule has 0 saturated carbocycles. The normalized spacial score (nSPS) is 18.6. The van der Waals surface area contributed by atoms with Gasteiger partial charge in [-0.15, -0.1) is 0 Å². The van der Waals surface area contributed by atoms with Gasteiger partial charge in [0.05, 0.1) is 7.11 Å². The van der Waals surface area contributed by atoms with Gasteiger partial charge in [0.1, 0.15) is 6.04 Å². The maximum Gasteiger partial charge on any atom is 0.322 e. The summed E-state index contributed by atoms with van der Waals surface area (Å²) in [5.41, 5.74) is 0. The van der Waals surface area contributed by atoms with E-state index in [0.29, 0.717) is 13.0 Å². The lowest BCUT2D eigenvalue weighted by Gasteiger charge is -2.13. The molecule has 0 aliphatic carbocycles. The summed E-state index contributed by atoms with van der Waals surface area (Å²) in [7, 11) is 7.14. The van der Waals surface area contributed by atoms with E-state index in [1.54, 1.807) is 7.05 Å². The second kappa shape index (κ2) is 13.0. The van der Waals surface area contributed by atoms with E-state index in [4.69, 9.17) is 4.74 Å². The largest absolute Gasteiger partial charge is 0.468 e. The Kier molecular flexibility index (Phi) is 11.6. The van der Waals surface area contributed by atoms with Crippen molar-refractivity contribution < 1.29 is 14.3 Å². The van der Waals surface area contributed by atoms with Crippen LogP contribution >= 0.6 is 21.6 Å². The molecule has 7 heteroatoms. The van der Waals surface area contributed by atoms with Gasteiger partial charge in [-0.1, -0.05) is 28.0 Å². The van der Waals surface area contributed by atoms with Crippen molar-refractivity contribution in [1.82, 2.24) is 10.6 Å². The number of hydrogen-bond donors (Lipinski definition) is 2. The molecule has 1 aliphatic heterocycles. The van der Waals surface area contributed by atoms with Crippen molar-refractivity contribution in [1.29, 1.82) is 0 Å². The SMILES string of the molecule is CNC(CCCCNC(=O)CCCCC1CCSS1)C(=O)OC. The van der Waals surface area contributed by atoms with Crippen LogP contribution in [0.5, 0.6) is 0 Å². The highest BCUT2D eigenvalue weighted by Gasteiger charge is 2.16. The number of nitrogens with one attached hydrogen (secondary N) is 2. The van der Waals surface area contributed by atoms with E-state index >= 15 is 0 Å². The number of carbonyl (C=O) groups is 2. The summed E-state index contributed by atoms with van der Waals surface area (Å²) in [6.45, 7) is 0.686. The lowest BCUT2D eigenvalue weighted by atomic mass is 10.1. The predicted octanol–water partition coefficient (Wildman–Crippen LogP) is 2.75. The summed E-state index contributed by atoms with van der Waals surface area (Å²) in [5.74, 6) is 1.20. The summed E-state index contributed by atoms with van der Waals surface area (Å²) in [6.07, 6.45) is 7.83. The summed E-state index contributed by atoms with van der Waals surface area (Å²) < 4.78 is 4.72. The fourth-order valence-electron chi connectivity index (χ4n) is 2.53. The minimum absolute atomic E-state index is 0.150. The van der Waals surface area contributed by atoms with Gasteiger partial charge in [-0.25, -0.2) is 0 Å². The van der Waals surface area contributed by atoms with Crippen molar-refractivity contribution in [3.05, 3.63) is 0 Å². The molecule has 0 bridgehead atoms. The van der Waals surface area contributed by atoms with Gasteiger partial charge in [0.15, 0.2) is 0 Å². The molecule has 1 rings (SSSR count). The van der Waals surface area contributed by atoms with Crippen LogP contribution in [0.15, 0.2) is 0 Å². The van der Waals surface area contributed by atoms with Crippen LogP contribution in [0.1, 0.15) is 51.4 Å². The average Bonchev–Trinajstić information content (AvgIpc) is 3.07. The molecule has 1 aliphatic rings. The third-order valence-electron chi connectivity index (χ3n) is 3.98. The van der Waals surface area contributed by atoms with Crippen molar-refractivity contribution in [2.24, 2.45) is 0 Å². The highest BCUT2D eigenvalue weighted by molar-refractivity contribution is 8.77. The Morgan fingerprint density at radius 2 is 2.09 bits per heavy atom. The van der Waals surface area contributed by atoms with Crippen LogP contribution in [0, 0.1) is 0 Å². The summed E-state index contributed by atoms with van der Waals surface area (Å²) >= 11 is 0. The second-order valence-corrected chi connectivity index (χ2v) is 8.57. The Hall–Kier alpha value is -0.400. The maximum absolute atomic E-state index is 11.7. The third-order valence-corrected chi connectivity index (χ3v) is 6.99. The van der Waals surface area contributed by atoms with Crippen molar-refractivity contribution in [3.63, 3.8) is 0 Å². The smallest absolute Gasteiger partial charge is 0.322 e. The van der Waals surface area contributed by atoms with Crippen LogP contribution in [0.2, 0.25) is 0 Å². The Labute approximate surface area is 147 Å². The Morgan fingerprint density at radius 3 is 2.74 bits per heavy atom. The molecule has 23 heavy (non-hydrogen) atoms. The van der Waals surface area contributed by atoms with Gasteiger partial charge in [-0.05, 0) is 45.6 Å². The zero-order valence-corrected chi connectivity index (χ0v) is 15.9. The average molecular weight is 363 g/mol. The molecule has 2 unspecified atom stereocenters. The quantitative estimate of drug-likeness (QED) is 0.316. The molecule has 1 fully saturated rings. The standard InChI is InChI=1S/C16H30N2O3S2/c1-17-14(16(20)21-2)8-5-6-11-18-15(19)9-4-3-7-13-10-12-22-23-13/h13-14,17H,3-12H2,1-2H3,(H,18,19). The second-order valence-electron chi connectivity index (χ2n) is 5.78. The Morgan fingerprint density at radius 1 is 1.26 bits per heavy atom. The van der Waals surface area contributed by atoms with E-state index < -0.39 is 0 Å². The molecule has 0 radical (unpaired) electrons. The first-order valence-corrected chi connectivity index (χ1v) is 10.9. The molecule has 1 heterocycles. The molecule has 1 amide bonds. The topological polar surface area (TPSA) is 67.4 Å². The van der Waals surface area contributed by atoms with Crippen LogP contribution in [-0.4, -0.2) is 49.6 Å². The van der Waals surface area contributed by atoms with Crippen LogP contribution < -0.4 is 10.6 Å². The highest BCUT2D eigenvalue weighted by atomic mass is 33.1. The van der Waals surface area contributed by atoms with Gasteiger partial charge in [-0.2, -0.15) is 0 Å². The molecule has 2 N–H and O–H groups in total. The molecular weight excluding hydrogens is 332 g/mol. The number of ether oxygens (including phenoxy) is 1. The third kappa shape index (κ3) is 9.47. The molecule has 0 spiro atoms. The van der Waals surface area contributed by atoms with Gasteiger partial charge in [0, 0.05) is 24.0 Å². The lowest BCUT2D eigenvalue weighted by Crippen LogP contribution is -2.35. The van der Waals surface area contributed by atoms with Crippen molar-refractivity contribution >= 4 is 33.5 Å². The lowest BCUT2D eigenvalue weighted by molar-refractivity contribution is -0.143. The van der Waals surface area contributed by atoms with E-state index in [1.807, 2.05) is 21.6 Å². The zero-order valence-electron chi connectivity index (χ0n) is 14.3. The van der Waals surface area contributed by atoms with E-state index in [2.05, 4.69) is 10.6 Å². The maximum atomic E-state index is 11.7. The first-order chi connectivity index (χ1) is 11.2. The van der Waals surface area contributed by atoms with Gasteiger partial charge in [0.25, 0.3) is 0 Å². The number of likely N-dealkylation sites (N-methyl/N-ethyl adjacent to an activating group) is 1. The number of esters is 1. The monoisotopic (exact) mass is 362 g/mol. The van der Waals surface area contributed by atoms with Gasteiger partial charge >= 0.3 is 5.97 Å². The molecule has 1 saturated heterocycles. The number of methoxy groups -OCH3 is 1. The van der Waals surface area contributed by atoms with E-state index in [1.165, 1.54) is 25.7 Å². The van der Waals surface area contributed by atoms with Crippen molar-refractivity contribution in [3.8, 4) is 0 Å². The number of rotatable bonds is 12. The van der Waals surface area contributed by atoms with Crippen LogP contribution in [0.25, 0.3) is 0 Å². The molecule has 0 aromatic rings. The molecular formula is C16H30N2O3S2. The number of carbonyl (C=O) groups excluding carboxylic acids is 2. The predicted molar refractivity (Wildman–Crippen MR) is 98.6 cm³/mol. The van der Waals surface area contributed by atoms with Crippen molar-refractivity contribution in [2.75, 3.05) is 26.5 Å². The van der Waals surface area contributed by atoms with Crippen LogP contribution in [-0.2, 0) is 14.3 Å². The molecule has 134 valence electrons. The number of unbranched alkanes of at least 4 members (excludes halogenated alkanes) is 2. The first-order valence-electron chi connectivity index (χ1n) is 8.47. The zero-order chi connectivity index (χ0) is 16.9. The van der Waals surface area contributed by atoms with E-state index in [0.717, 1.165) is 37.4 Å². The minimum atomic E-state index is -0.248. The highest BCUT2D eigenvalue weighted by Crippen LogP contribution is 2.39. The Balaban J connectivity index is 1.93. The fourth-order valence-corrected chi connectivity index (χ4v) is 5.56. The van der Waals surface area contributed by atoms with Gasteiger partial charge in [-0.3, -0.25) is 9.59 Å². The van der Waals surface area contributed by atoms with Crippen molar-refractivity contribution in [2.45, 2.75) is 62.7 Å². The molecule has 5 nitrogen and oxygen atoms in total. The van der Waals surface area contributed by atoms with Crippen LogP contribution in [0.4, 0.5) is 0 Å². The number of hydrogen-bond acceptors (Lipinski definition) is 6. The summed E-state index contributed by atoms with van der Waals surface area (Å²) in [6, 6.07) is -0.248. The fraction of sp³-hybridized carbons (Fsp3) is 0.875. The summed E-state index contributed by atoms with van der Waals surface area (Å²) in [5, 5.41) is 6.71. The van der Waals surface area contributed by atoms with E-state index in [-0.39, 0.29) is 17.9 Å². The van der Waals surface area contributed by atoms with Gasteiger partial charge in [0.2, 0.25) is 5.91 Å². The molecule has 0 aromatic carbocycles. The first kappa shape index (κ1) is 20.6. The van der Waals surface area contributed by atoms with Crippen LogP contribution in [0.3, 0.4) is 0 Å². The molecule has 2 atom stereocenters. The van der Waals surface area contributed by atoms with E-state index in [9.17, 15) is 9.59 Å².